The molecule has 3 N–H and O–H groups in total. The molecule has 1 heterocycles. The topological polar surface area (TPSA) is 117 Å². The molecule has 2 aromatic rings. The zero-order chi connectivity index (χ0) is 21.0. The van der Waals surface area contributed by atoms with Gasteiger partial charge in [0, 0.05) is 17.2 Å². The first kappa shape index (κ1) is 21.6. The summed E-state index contributed by atoms with van der Waals surface area (Å²) in [5, 5.41) is 23.3. The van der Waals surface area contributed by atoms with Crippen molar-refractivity contribution in [1.29, 1.82) is 0 Å². The number of nitrogens with one attached hydrogen (secondary N) is 1. The first-order chi connectivity index (χ1) is 13.8. The third-order valence-corrected chi connectivity index (χ3v) is 6.80. The molecule has 0 spiro atoms. The van der Waals surface area contributed by atoms with Crippen molar-refractivity contribution in [1.82, 2.24) is 4.98 Å². The van der Waals surface area contributed by atoms with Gasteiger partial charge in [0.15, 0.2) is 15.0 Å². The van der Waals surface area contributed by atoms with Crippen LogP contribution in [0.2, 0.25) is 0 Å². The summed E-state index contributed by atoms with van der Waals surface area (Å²) in [5.41, 5.74) is 1.40. The lowest BCUT2D eigenvalue weighted by atomic mass is 9.98. The van der Waals surface area contributed by atoms with E-state index in [9.17, 15) is 18.3 Å². The Morgan fingerprint density at radius 2 is 1.97 bits per heavy atom. The van der Waals surface area contributed by atoms with Gasteiger partial charge in [-0.05, 0) is 36.5 Å². The van der Waals surface area contributed by atoms with Crippen LogP contribution in [0.5, 0.6) is 0 Å². The minimum absolute atomic E-state index is 0.199. The lowest BCUT2D eigenvalue weighted by molar-refractivity contribution is -0.111. The monoisotopic (exact) mass is 436 g/mol. The normalized spacial score (nSPS) is 16.7. The molecule has 1 unspecified atom stereocenters. The molecule has 1 aromatic carbocycles. The molecule has 1 aliphatic carbocycles. The lowest BCUT2D eigenvalue weighted by Gasteiger charge is -2.11. The fourth-order valence-electron chi connectivity index (χ4n) is 3.30. The van der Waals surface area contributed by atoms with Gasteiger partial charge in [-0.15, -0.1) is 11.3 Å². The van der Waals surface area contributed by atoms with Crippen molar-refractivity contribution in [3.8, 4) is 0 Å². The fourth-order valence-corrected chi connectivity index (χ4v) is 4.68. The largest absolute Gasteiger partial charge is 0.393 e. The molecular weight excluding hydrogens is 412 g/mol. The van der Waals surface area contributed by atoms with Crippen LogP contribution in [0.15, 0.2) is 40.6 Å². The van der Waals surface area contributed by atoms with E-state index in [0.717, 1.165) is 43.3 Å². The summed E-state index contributed by atoms with van der Waals surface area (Å²) >= 11 is 1.16. The number of hydrogen-bond donors (Lipinski definition) is 3. The number of anilines is 1. The van der Waals surface area contributed by atoms with Crippen LogP contribution in [-0.2, 0) is 14.6 Å². The highest BCUT2D eigenvalue weighted by molar-refractivity contribution is 7.90. The van der Waals surface area contributed by atoms with Gasteiger partial charge in [-0.2, -0.15) is 0 Å². The fraction of sp³-hybridized carbons (Fsp3) is 0.400. The molecule has 9 heteroatoms. The smallest absolute Gasteiger partial charge is 0.257 e. The number of benzene rings is 1. The molecule has 0 radical (unpaired) electrons. The molecule has 0 aliphatic heterocycles. The third kappa shape index (κ3) is 5.51. The van der Waals surface area contributed by atoms with Crippen molar-refractivity contribution >= 4 is 37.8 Å². The van der Waals surface area contributed by atoms with Gasteiger partial charge in [0.2, 0.25) is 0 Å². The van der Waals surface area contributed by atoms with Crippen molar-refractivity contribution in [2.75, 3.05) is 18.2 Å². The molecule has 1 fully saturated rings. The van der Waals surface area contributed by atoms with E-state index in [2.05, 4.69) is 10.3 Å². The van der Waals surface area contributed by atoms with Crippen LogP contribution in [0, 0.1) is 5.92 Å². The molecular formula is C20H24N2O5S2. The number of carbonyl (C=O) groups excluding carboxylic acids is 1. The minimum atomic E-state index is -3.32. The minimum Gasteiger partial charge on any atom is -0.393 e. The summed E-state index contributed by atoms with van der Waals surface area (Å²) in [5.74, 6) is -0.0446. The molecule has 0 saturated heterocycles. The molecule has 1 saturated carbocycles. The maximum atomic E-state index is 13.0. The van der Waals surface area contributed by atoms with Crippen molar-refractivity contribution in [2.24, 2.45) is 5.92 Å². The van der Waals surface area contributed by atoms with Gasteiger partial charge in [-0.1, -0.05) is 31.1 Å². The Labute approximate surface area is 174 Å². The van der Waals surface area contributed by atoms with Crippen LogP contribution in [0.4, 0.5) is 5.13 Å². The lowest BCUT2D eigenvalue weighted by Crippen LogP contribution is -2.15. The van der Waals surface area contributed by atoms with Gasteiger partial charge >= 0.3 is 0 Å². The van der Waals surface area contributed by atoms with Crippen LogP contribution >= 0.6 is 11.3 Å². The van der Waals surface area contributed by atoms with Gasteiger partial charge in [0.1, 0.15) is 6.10 Å². The van der Waals surface area contributed by atoms with E-state index in [4.69, 9.17) is 5.11 Å². The Hall–Kier alpha value is -2.07. The van der Waals surface area contributed by atoms with E-state index < -0.39 is 22.5 Å². The predicted octanol–water partition coefficient (Wildman–Crippen LogP) is 2.78. The number of rotatable bonds is 7. The Balaban J connectivity index is 1.87. The maximum absolute atomic E-state index is 13.0. The van der Waals surface area contributed by atoms with E-state index in [1.807, 2.05) is 6.08 Å². The Kier molecular flexibility index (Phi) is 6.84. The second-order valence-electron chi connectivity index (χ2n) is 7.15. The van der Waals surface area contributed by atoms with Crippen molar-refractivity contribution in [3.05, 3.63) is 47.0 Å². The average Bonchev–Trinajstić information content (AvgIpc) is 3.37. The standard InChI is InChI=1S/C20H24N2O5S2/c1-29(26,27)15-8-6-14(7-9-15)16(10-13-4-2-3-5-13)19(25)22-20-21-17(12-28-20)18(24)11-23/h6-10,12-13,18,23-24H,2-5,11H2,1H3,(H,21,22,25)/b16-10+. The maximum Gasteiger partial charge on any atom is 0.257 e. The third-order valence-electron chi connectivity index (χ3n) is 4.90. The van der Waals surface area contributed by atoms with E-state index >= 15 is 0 Å². The van der Waals surface area contributed by atoms with Crippen LogP contribution in [0.3, 0.4) is 0 Å². The molecule has 29 heavy (non-hydrogen) atoms. The highest BCUT2D eigenvalue weighted by Crippen LogP contribution is 2.30. The summed E-state index contributed by atoms with van der Waals surface area (Å²) in [4.78, 5) is 17.3. The van der Waals surface area contributed by atoms with Crippen LogP contribution < -0.4 is 5.32 Å². The molecule has 1 aliphatic rings. The van der Waals surface area contributed by atoms with E-state index in [1.54, 1.807) is 17.5 Å². The number of amides is 1. The number of aromatic nitrogens is 1. The molecule has 3 rings (SSSR count). The van der Waals surface area contributed by atoms with Crippen LogP contribution in [-0.4, -0.2) is 42.4 Å². The average molecular weight is 437 g/mol. The summed E-state index contributed by atoms with van der Waals surface area (Å²) in [6.45, 7) is -0.448. The zero-order valence-corrected chi connectivity index (χ0v) is 17.7. The molecule has 156 valence electrons. The number of thiazole rings is 1. The summed E-state index contributed by atoms with van der Waals surface area (Å²) in [6.07, 6.45) is 6.29. The van der Waals surface area contributed by atoms with E-state index in [0.29, 0.717) is 27.9 Å². The van der Waals surface area contributed by atoms with Crippen molar-refractivity contribution < 1.29 is 23.4 Å². The summed E-state index contributed by atoms with van der Waals surface area (Å²) < 4.78 is 23.4. The van der Waals surface area contributed by atoms with Crippen molar-refractivity contribution in [3.63, 3.8) is 0 Å². The number of aliphatic hydroxyl groups excluding tert-OH is 2. The van der Waals surface area contributed by atoms with Gasteiger partial charge in [-0.3, -0.25) is 10.1 Å². The van der Waals surface area contributed by atoms with Gasteiger partial charge in [0.25, 0.3) is 5.91 Å². The SMILES string of the molecule is CS(=O)(=O)c1ccc(/C(=C\C2CCCC2)C(=O)Nc2nc(C(O)CO)cs2)cc1. The van der Waals surface area contributed by atoms with Crippen molar-refractivity contribution in [2.45, 2.75) is 36.7 Å². The number of nitrogens with zero attached hydrogens (tertiary/aromatic N) is 1. The molecule has 1 atom stereocenters. The first-order valence-electron chi connectivity index (χ1n) is 9.36. The highest BCUT2D eigenvalue weighted by Gasteiger charge is 2.20. The summed E-state index contributed by atoms with van der Waals surface area (Å²) in [6, 6.07) is 6.28. The van der Waals surface area contributed by atoms with E-state index in [1.165, 1.54) is 12.1 Å². The quantitative estimate of drug-likeness (QED) is 0.575. The van der Waals surface area contributed by atoms with Gasteiger partial charge in [-0.25, -0.2) is 13.4 Å². The first-order valence-corrected chi connectivity index (χ1v) is 12.1. The molecule has 1 aromatic heterocycles. The Morgan fingerprint density at radius 3 is 2.55 bits per heavy atom. The Morgan fingerprint density at radius 1 is 1.31 bits per heavy atom. The van der Waals surface area contributed by atoms with Gasteiger partial charge in [0.05, 0.1) is 17.2 Å². The highest BCUT2D eigenvalue weighted by atomic mass is 32.2. The number of hydrogen-bond acceptors (Lipinski definition) is 7. The summed E-state index contributed by atoms with van der Waals surface area (Å²) in [7, 11) is -3.32. The number of sulfone groups is 1. The van der Waals surface area contributed by atoms with Crippen LogP contribution in [0.1, 0.15) is 43.0 Å². The number of aliphatic hydroxyl groups is 2. The Bertz CT molecular complexity index is 990. The second-order valence-corrected chi connectivity index (χ2v) is 10.0. The molecule has 1 amide bonds. The number of allylic oxidation sites excluding steroid dienone is 1. The molecule has 7 nitrogen and oxygen atoms in total. The zero-order valence-electron chi connectivity index (χ0n) is 16.0. The predicted molar refractivity (Wildman–Crippen MR) is 112 cm³/mol. The number of carbonyl (C=O) groups is 1. The van der Waals surface area contributed by atoms with Crippen LogP contribution in [0.25, 0.3) is 5.57 Å². The van der Waals surface area contributed by atoms with E-state index in [-0.39, 0.29) is 10.8 Å². The molecule has 0 bridgehead atoms. The van der Waals surface area contributed by atoms with Gasteiger partial charge < -0.3 is 10.2 Å². The second kappa shape index (κ2) is 9.17.